The molecule has 0 aliphatic heterocycles. The number of hydrogen-bond acceptors (Lipinski definition) is 3. The van der Waals surface area contributed by atoms with E-state index in [-0.39, 0.29) is 14.5 Å². The monoisotopic (exact) mass is 633 g/mol. The van der Waals surface area contributed by atoms with Gasteiger partial charge in [0.15, 0.2) is 0 Å². The first-order valence-electron chi connectivity index (χ1n) is 14.3. The summed E-state index contributed by atoms with van der Waals surface area (Å²) < 4.78 is 7.93. The number of rotatable bonds is 4. The Labute approximate surface area is 258 Å². The summed E-state index contributed by atoms with van der Waals surface area (Å²) in [6.45, 7) is 0. The van der Waals surface area contributed by atoms with Gasteiger partial charge < -0.3 is 0 Å². The topological polar surface area (TPSA) is 30.7 Å². The molecule has 202 valence electrons. The summed E-state index contributed by atoms with van der Waals surface area (Å²) in [5.41, 5.74) is 8.73. The van der Waals surface area contributed by atoms with Crippen molar-refractivity contribution in [2.75, 3.05) is 0 Å². The van der Waals surface area contributed by atoms with Crippen LogP contribution in [0.1, 0.15) is 0 Å². The zero-order valence-corrected chi connectivity index (χ0v) is 25.5. The van der Waals surface area contributed by atoms with Crippen LogP contribution in [-0.2, 0) is 0 Å². The second-order valence-corrected chi connectivity index (χ2v) is 13.9. The van der Waals surface area contributed by atoms with Gasteiger partial charge in [0.05, 0.1) is 0 Å². The molecule has 4 heterocycles. The molecule has 3 nitrogen and oxygen atoms in total. The molecule has 0 atom stereocenters. The van der Waals surface area contributed by atoms with Crippen molar-refractivity contribution in [1.82, 2.24) is 14.5 Å². The molecule has 0 amide bonds. The zero-order chi connectivity index (χ0) is 28.3. The van der Waals surface area contributed by atoms with Crippen molar-refractivity contribution in [3.63, 3.8) is 0 Å². The molecule has 0 spiro atoms. The van der Waals surface area contributed by atoms with Crippen molar-refractivity contribution in [3.8, 4) is 39.6 Å². The van der Waals surface area contributed by atoms with Gasteiger partial charge in [0, 0.05) is 0 Å². The standard InChI is InChI=1S/C38H23N3SSe/c1-3-12-24(13-4-1)26-16-11-17-27(22-26)31-23-30(25-14-5-2-6-15-25)39-38(40-31)41-32-20-9-7-18-28(32)35-34(41)37-36(42-35)29-19-8-10-21-33(29)43-37/h1-23H. The van der Waals surface area contributed by atoms with Crippen LogP contribution in [0, 0.1) is 0 Å². The molecule has 4 aromatic heterocycles. The zero-order valence-electron chi connectivity index (χ0n) is 22.9. The summed E-state index contributed by atoms with van der Waals surface area (Å²) in [7, 11) is 0. The van der Waals surface area contributed by atoms with Crippen molar-refractivity contribution in [2.45, 2.75) is 0 Å². The predicted molar refractivity (Wildman–Crippen MR) is 183 cm³/mol. The van der Waals surface area contributed by atoms with Crippen molar-refractivity contribution in [1.29, 1.82) is 0 Å². The third-order valence-corrected chi connectivity index (χ3v) is 12.1. The predicted octanol–water partition coefficient (Wildman–Crippen LogP) is 10.00. The summed E-state index contributed by atoms with van der Waals surface area (Å²) in [6.07, 6.45) is 0. The molecule has 0 fully saturated rings. The average Bonchev–Trinajstić information content (AvgIpc) is 3.73. The number of aromatic nitrogens is 3. The van der Waals surface area contributed by atoms with E-state index < -0.39 is 0 Å². The molecule has 0 aliphatic carbocycles. The number of hydrogen-bond donors (Lipinski definition) is 0. The number of thiophene rings is 1. The number of benzene rings is 5. The molecule has 5 aromatic carbocycles. The Kier molecular flexibility index (Phi) is 5.70. The van der Waals surface area contributed by atoms with Crippen LogP contribution in [0.4, 0.5) is 0 Å². The fourth-order valence-corrected chi connectivity index (χ4v) is 10.4. The molecule has 5 heteroatoms. The van der Waals surface area contributed by atoms with Gasteiger partial charge in [0.25, 0.3) is 0 Å². The number of fused-ring (bicyclic) bond motifs is 7. The Morgan fingerprint density at radius 1 is 0.512 bits per heavy atom. The van der Waals surface area contributed by atoms with E-state index in [0.717, 1.165) is 28.0 Å². The van der Waals surface area contributed by atoms with Crippen LogP contribution in [0.5, 0.6) is 0 Å². The van der Waals surface area contributed by atoms with Gasteiger partial charge in [-0.25, -0.2) is 0 Å². The van der Waals surface area contributed by atoms with Crippen LogP contribution in [0.2, 0.25) is 0 Å². The molecule has 0 radical (unpaired) electrons. The summed E-state index contributed by atoms with van der Waals surface area (Å²) in [5, 5.41) is 2.64. The Balaban J connectivity index is 1.35. The van der Waals surface area contributed by atoms with Gasteiger partial charge >= 0.3 is 253 Å². The Hall–Kier alpha value is -4.80. The fourth-order valence-electron chi connectivity index (χ4n) is 6.03. The minimum atomic E-state index is 0.222. The second kappa shape index (κ2) is 9.89. The normalized spacial score (nSPS) is 11.7. The fraction of sp³-hybridized carbons (Fsp3) is 0. The second-order valence-electron chi connectivity index (χ2n) is 10.6. The van der Waals surface area contributed by atoms with Crippen LogP contribution in [0.25, 0.3) is 79.3 Å². The van der Waals surface area contributed by atoms with E-state index in [2.05, 4.69) is 138 Å². The van der Waals surface area contributed by atoms with E-state index in [0.29, 0.717) is 5.95 Å². The molecule has 0 aliphatic rings. The maximum atomic E-state index is 5.32. The van der Waals surface area contributed by atoms with Crippen LogP contribution in [-0.4, -0.2) is 29.0 Å². The van der Waals surface area contributed by atoms with E-state index >= 15 is 0 Å². The van der Waals surface area contributed by atoms with Gasteiger partial charge in [-0.2, -0.15) is 0 Å². The van der Waals surface area contributed by atoms with Gasteiger partial charge in [0.1, 0.15) is 0 Å². The number of para-hydroxylation sites is 1. The number of nitrogens with zero attached hydrogens (tertiary/aromatic N) is 3. The van der Waals surface area contributed by atoms with Gasteiger partial charge in [0.2, 0.25) is 0 Å². The first-order valence-corrected chi connectivity index (χ1v) is 16.8. The molecular weight excluding hydrogens is 609 g/mol. The molecule has 0 bridgehead atoms. The molecule has 0 unspecified atom stereocenters. The van der Waals surface area contributed by atoms with E-state index in [1.54, 1.807) is 0 Å². The van der Waals surface area contributed by atoms with Crippen LogP contribution < -0.4 is 0 Å². The van der Waals surface area contributed by atoms with E-state index in [9.17, 15) is 0 Å². The van der Waals surface area contributed by atoms with Crippen molar-refractivity contribution in [2.24, 2.45) is 0 Å². The molecule has 0 saturated heterocycles. The molecule has 9 aromatic rings. The van der Waals surface area contributed by atoms with Crippen molar-refractivity contribution < 1.29 is 0 Å². The van der Waals surface area contributed by atoms with Gasteiger partial charge in [-0.15, -0.1) is 0 Å². The summed E-state index contributed by atoms with van der Waals surface area (Å²) >= 11 is 2.14. The van der Waals surface area contributed by atoms with E-state index in [1.807, 2.05) is 17.4 Å². The van der Waals surface area contributed by atoms with Crippen molar-refractivity contribution in [3.05, 3.63) is 140 Å². The maximum absolute atomic E-state index is 5.32. The summed E-state index contributed by atoms with van der Waals surface area (Å²) in [4.78, 5) is 10.6. The van der Waals surface area contributed by atoms with Gasteiger partial charge in [-0.1, -0.05) is 6.07 Å². The van der Waals surface area contributed by atoms with Crippen LogP contribution in [0.15, 0.2) is 140 Å². The third kappa shape index (κ3) is 4.01. The summed E-state index contributed by atoms with van der Waals surface area (Å²) in [5.74, 6) is 0.708. The molecule has 0 saturated carbocycles. The third-order valence-electron chi connectivity index (χ3n) is 8.05. The van der Waals surface area contributed by atoms with Crippen LogP contribution in [0.3, 0.4) is 0 Å². The van der Waals surface area contributed by atoms with Crippen LogP contribution >= 0.6 is 11.3 Å². The Bertz CT molecular complexity index is 2450. The van der Waals surface area contributed by atoms with Gasteiger partial charge in [-0.05, 0) is 0 Å². The molecular formula is C38H23N3SSe. The Morgan fingerprint density at radius 3 is 1.95 bits per heavy atom. The minimum absolute atomic E-state index is 0.222. The summed E-state index contributed by atoms with van der Waals surface area (Å²) in [6, 6.07) is 49.3. The van der Waals surface area contributed by atoms with E-state index in [4.69, 9.17) is 9.97 Å². The quantitative estimate of drug-likeness (QED) is 0.181. The molecule has 0 N–H and O–H groups in total. The van der Waals surface area contributed by atoms with E-state index in [1.165, 1.54) is 45.3 Å². The SMILES string of the molecule is c1ccc(-c2cccc(-c3cc(-c4ccccc4)nc(-n4c5ccccc5c5sc6c7ccccc7[se]c6c54)n3)c2)cc1. The van der Waals surface area contributed by atoms with Gasteiger partial charge in [-0.3, -0.25) is 0 Å². The molecule has 9 rings (SSSR count). The Morgan fingerprint density at radius 2 is 1.14 bits per heavy atom. The average molecular weight is 633 g/mol. The van der Waals surface area contributed by atoms with Crippen molar-refractivity contribution >= 4 is 65.6 Å². The first kappa shape index (κ1) is 24.8. The first-order chi connectivity index (χ1) is 21.3. The molecule has 43 heavy (non-hydrogen) atoms.